The molecule has 150 valence electrons. The van der Waals surface area contributed by atoms with Crippen LogP contribution in [0.5, 0.6) is 0 Å². The lowest BCUT2D eigenvalue weighted by molar-refractivity contribution is -0.196. The Balaban J connectivity index is 1.45. The van der Waals surface area contributed by atoms with E-state index in [0.29, 0.717) is 0 Å². The van der Waals surface area contributed by atoms with E-state index in [-0.39, 0.29) is 13.4 Å². The molecule has 0 spiro atoms. The van der Waals surface area contributed by atoms with E-state index in [0.717, 1.165) is 0 Å². The molecule has 3 aliphatic rings. The summed E-state index contributed by atoms with van der Waals surface area (Å²) in [4.78, 5) is 25.4. The number of nitrogens with zero attached hydrogens (tertiary/aromatic N) is 1. The van der Waals surface area contributed by atoms with Gasteiger partial charge in [-0.2, -0.15) is 0 Å². The highest BCUT2D eigenvalue weighted by Gasteiger charge is 2.52. The number of aromatic amines is 1. The Bertz CT molecular complexity index is 780. The summed E-state index contributed by atoms with van der Waals surface area (Å²) >= 11 is 0. The van der Waals surface area contributed by atoms with Gasteiger partial charge in [0.1, 0.15) is 43.4 Å². The first kappa shape index (κ1) is 18.7. The fraction of sp³-hybridized carbons (Fsp3) is 0.733. The molecule has 0 saturated carbocycles. The van der Waals surface area contributed by atoms with Crippen molar-refractivity contribution in [1.82, 2.24) is 9.55 Å². The van der Waals surface area contributed by atoms with Gasteiger partial charge in [-0.15, -0.1) is 0 Å². The van der Waals surface area contributed by atoms with Crippen LogP contribution in [0, 0.1) is 0 Å². The molecular weight excluding hydrogens is 368 g/mol. The average Bonchev–Trinajstić information content (AvgIpc) is 3.31. The number of fused-ring (bicyclic) bond motifs is 1. The zero-order chi connectivity index (χ0) is 19.1. The molecular formula is C15H20N2O10. The summed E-state index contributed by atoms with van der Waals surface area (Å²) in [6.07, 6.45) is -5.98. The predicted octanol–water partition coefficient (Wildman–Crippen LogP) is -3.37. The highest BCUT2D eigenvalue weighted by molar-refractivity contribution is 4.96. The molecule has 12 nitrogen and oxygen atoms in total. The minimum absolute atomic E-state index is 0.0116. The van der Waals surface area contributed by atoms with Crippen molar-refractivity contribution < 1.29 is 39.0 Å². The largest absolute Gasteiger partial charge is 0.394 e. The number of H-pyrrole nitrogens is 1. The second kappa shape index (κ2) is 7.41. The highest BCUT2D eigenvalue weighted by Crippen LogP contribution is 2.37. The number of aliphatic hydroxyl groups excluding tert-OH is 3. The summed E-state index contributed by atoms with van der Waals surface area (Å²) in [5, 5.41) is 28.8. The van der Waals surface area contributed by atoms with Crippen LogP contribution in [0.1, 0.15) is 6.23 Å². The lowest BCUT2D eigenvalue weighted by atomic mass is 10.1. The summed E-state index contributed by atoms with van der Waals surface area (Å²) in [6.45, 7) is -0.528. The molecule has 3 aliphatic heterocycles. The Labute approximate surface area is 151 Å². The van der Waals surface area contributed by atoms with Gasteiger partial charge in [0.25, 0.3) is 5.56 Å². The standard InChI is InChI=1S/C15H20N2O10/c18-3-6-9(20)10(21)14(27-6)23-4-7-11-12(25-5-24-11)13(26-7)17-2-1-8(19)16-15(17)22/h1-2,6-7,9-14,18,20-21H,3-5H2,(H,16,19,22)/t6-,7-,9-,10-,11-,12-,13-,14-/m1/s1. The maximum absolute atomic E-state index is 12.0. The molecule has 4 rings (SSSR count). The monoisotopic (exact) mass is 388 g/mol. The van der Waals surface area contributed by atoms with Gasteiger partial charge in [0.05, 0.1) is 13.2 Å². The number of nitrogens with one attached hydrogen (secondary N) is 1. The van der Waals surface area contributed by atoms with Gasteiger partial charge in [-0.05, 0) is 0 Å². The quantitative estimate of drug-likeness (QED) is 0.401. The third-order valence-corrected chi connectivity index (χ3v) is 4.86. The van der Waals surface area contributed by atoms with Crippen LogP contribution in [0.15, 0.2) is 21.9 Å². The summed E-state index contributed by atoms with van der Waals surface area (Å²) in [7, 11) is 0. The first-order chi connectivity index (χ1) is 13.0. The molecule has 0 unspecified atom stereocenters. The zero-order valence-electron chi connectivity index (χ0n) is 14.0. The summed E-state index contributed by atoms with van der Waals surface area (Å²) < 4.78 is 28.8. The predicted molar refractivity (Wildman–Crippen MR) is 83.6 cm³/mol. The van der Waals surface area contributed by atoms with Crippen molar-refractivity contribution in [3.05, 3.63) is 33.1 Å². The lowest BCUT2D eigenvalue weighted by Crippen LogP contribution is -2.37. The molecule has 4 heterocycles. The van der Waals surface area contributed by atoms with Gasteiger partial charge in [-0.25, -0.2) is 4.79 Å². The highest BCUT2D eigenvalue weighted by atomic mass is 16.8. The van der Waals surface area contributed by atoms with E-state index >= 15 is 0 Å². The minimum Gasteiger partial charge on any atom is -0.394 e. The van der Waals surface area contributed by atoms with Gasteiger partial charge in [-0.1, -0.05) is 0 Å². The number of hydrogen-bond acceptors (Lipinski definition) is 10. The third-order valence-electron chi connectivity index (χ3n) is 4.86. The van der Waals surface area contributed by atoms with Crippen molar-refractivity contribution in [2.75, 3.05) is 20.0 Å². The Morgan fingerprint density at radius 1 is 1.15 bits per heavy atom. The molecule has 0 radical (unpaired) electrons. The van der Waals surface area contributed by atoms with Gasteiger partial charge in [0, 0.05) is 12.3 Å². The van der Waals surface area contributed by atoms with Crippen molar-refractivity contribution in [2.45, 2.75) is 49.1 Å². The van der Waals surface area contributed by atoms with Crippen LogP contribution in [0.3, 0.4) is 0 Å². The van der Waals surface area contributed by atoms with Gasteiger partial charge < -0.3 is 39.0 Å². The van der Waals surface area contributed by atoms with Gasteiger partial charge in [-0.3, -0.25) is 14.3 Å². The number of aromatic nitrogens is 2. The summed E-state index contributed by atoms with van der Waals surface area (Å²) in [6, 6.07) is 1.19. The Kier molecular flexibility index (Phi) is 5.13. The van der Waals surface area contributed by atoms with Crippen LogP contribution >= 0.6 is 0 Å². The molecule has 1 aromatic rings. The normalized spacial score (nSPS) is 41.1. The van der Waals surface area contributed by atoms with Crippen molar-refractivity contribution in [1.29, 1.82) is 0 Å². The second-order valence-electron chi connectivity index (χ2n) is 6.50. The number of aliphatic hydroxyl groups is 3. The van der Waals surface area contributed by atoms with Crippen LogP contribution in [0.25, 0.3) is 0 Å². The topological polar surface area (TPSA) is 162 Å². The fourth-order valence-electron chi connectivity index (χ4n) is 3.46. The molecule has 0 bridgehead atoms. The van der Waals surface area contributed by atoms with E-state index in [2.05, 4.69) is 4.98 Å². The maximum Gasteiger partial charge on any atom is 0.330 e. The van der Waals surface area contributed by atoms with Crippen molar-refractivity contribution in [2.24, 2.45) is 0 Å². The molecule has 12 heteroatoms. The minimum atomic E-state index is -1.32. The Morgan fingerprint density at radius 2 is 1.93 bits per heavy atom. The smallest absolute Gasteiger partial charge is 0.330 e. The lowest BCUT2D eigenvalue weighted by Gasteiger charge is -2.21. The van der Waals surface area contributed by atoms with E-state index in [1.165, 1.54) is 16.8 Å². The van der Waals surface area contributed by atoms with Gasteiger partial charge in [0.2, 0.25) is 0 Å². The molecule has 27 heavy (non-hydrogen) atoms. The van der Waals surface area contributed by atoms with E-state index < -0.39 is 67.0 Å². The average molecular weight is 388 g/mol. The van der Waals surface area contributed by atoms with Crippen molar-refractivity contribution in [3.8, 4) is 0 Å². The van der Waals surface area contributed by atoms with E-state index in [4.69, 9.17) is 28.8 Å². The number of rotatable bonds is 5. The maximum atomic E-state index is 12.0. The zero-order valence-corrected chi connectivity index (χ0v) is 14.0. The molecule has 1 aromatic heterocycles. The van der Waals surface area contributed by atoms with Crippen LogP contribution in [-0.4, -0.2) is 87.8 Å². The first-order valence-corrected chi connectivity index (χ1v) is 8.44. The molecule has 0 aliphatic carbocycles. The van der Waals surface area contributed by atoms with Gasteiger partial charge >= 0.3 is 5.69 Å². The van der Waals surface area contributed by atoms with Crippen LogP contribution in [0.4, 0.5) is 0 Å². The number of hydrogen-bond donors (Lipinski definition) is 4. The Hall–Kier alpha value is -1.64. The molecule has 3 saturated heterocycles. The molecule has 0 amide bonds. The first-order valence-electron chi connectivity index (χ1n) is 8.44. The summed E-state index contributed by atoms with van der Waals surface area (Å²) in [5.74, 6) is 0. The third kappa shape index (κ3) is 3.34. The van der Waals surface area contributed by atoms with Crippen molar-refractivity contribution >= 4 is 0 Å². The SMILES string of the molecule is O=c1ccn([C@@H]2O[C@H](CO[C@@H]3O[C@H](CO)[C@@H](O)[C@H]3O)[C@H]3OCO[C@H]32)c(=O)[nH]1. The van der Waals surface area contributed by atoms with E-state index in [9.17, 15) is 19.8 Å². The second-order valence-corrected chi connectivity index (χ2v) is 6.50. The van der Waals surface area contributed by atoms with Crippen LogP contribution in [0.2, 0.25) is 0 Å². The molecule has 3 fully saturated rings. The van der Waals surface area contributed by atoms with E-state index in [1.807, 2.05) is 0 Å². The van der Waals surface area contributed by atoms with E-state index in [1.54, 1.807) is 0 Å². The molecule has 0 aromatic carbocycles. The molecule has 8 atom stereocenters. The Morgan fingerprint density at radius 3 is 2.63 bits per heavy atom. The van der Waals surface area contributed by atoms with Crippen LogP contribution < -0.4 is 11.2 Å². The van der Waals surface area contributed by atoms with Crippen LogP contribution in [-0.2, 0) is 23.7 Å². The fourth-order valence-corrected chi connectivity index (χ4v) is 3.46. The summed E-state index contributed by atoms with van der Waals surface area (Å²) in [5.41, 5.74) is -1.18. The number of ether oxygens (including phenoxy) is 5. The van der Waals surface area contributed by atoms with Gasteiger partial charge in [0.15, 0.2) is 12.5 Å². The van der Waals surface area contributed by atoms with Crippen molar-refractivity contribution in [3.63, 3.8) is 0 Å². The molecule has 4 N–H and O–H groups in total.